The first kappa shape index (κ1) is 7.47. The summed E-state index contributed by atoms with van der Waals surface area (Å²) < 4.78 is 0. The minimum Gasteiger partial charge on any atom is -0.190 e. The molecule has 2 rings (SSSR count). The van der Waals surface area contributed by atoms with E-state index in [-0.39, 0.29) is 0 Å². The van der Waals surface area contributed by atoms with Gasteiger partial charge in [-0.3, -0.25) is 0 Å². The van der Waals surface area contributed by atoms with Crippen LogP contribution in [0.3, 0.4) is 0 Å². The van der Waals surface area contributed by atoms with Crippen molar-refractivity contribution in [1.29, 1.82) is 0 Å². The van der Waals surface area contributed by atoms with Gasteiger partial charge < -0.3 is 0 Å². The SMILES string of the molecule is CC1CC(c2ccccc2)N=N1. The van der Waals surface area contributed by atoms with Crippen LogP contribution in [0, 0.1) is 0 Å². The Hall–Kier alpha value is -1.18. The summed E-state index contributed by atoms with van der Waals surface area (Å²) in [5.74, 6) is 0. The molecule has 0 fully saturated rings. The van der Waals surface area contributed by atoms with Crippen LogP contribution in [0.4, 0.5) is 0 Å². The van der Waals surface area contributed by atoms with Gasteiger partial charge in [0.25, 0.3) is 0 Å². The Balaban J connectivity index is 2.18. The van der Waals surface area contributed by atoms with Gasteiger partial charge in [0.1, 0.15) is 0 Å². The Morgan fingerprint density at radius 3 is 2.50 bits per heavy atom. The molecule has 0 bridgehead atoms. The van der Waals surface area contributed by atoms with Gasteiger partial charge in [-0.25, -0.2) is 0 Å². The first-order chi connectivity index (χ1) is 5.86. The number of azo groups is 1. The number of hydrogen-bond donors (Lipinski definition) is 0. The Labute approximate surface area is 72.3 Å². The molecule has 1 heterocycles. The van der Waals surface area contributed by atoms with Crippen LogP contribution in [0.2, 0.25) is 0 Å². The molecule has 0 radical (unpaired) electrons. The zero-order valence-corrected chi connectivity index (χ0v) is 7.14. The van der Waals surface area contributed by atoms with Crippen LogP contribution in [0.15, 0.2) is 40.6 Å². The maximum atomic E-state index is 4.21. The van der Waals surface area contributed by atoms with Crippen molar-refractivity contribution in [3.63, 3.8) is 0 Å². The highest BCUT2D eigenvalue weighted by Gasteiger charge is 2.19. The van der Waals surface area contributed by atoms with Crippen LogP contribution in [-0.2, 0) is 0 Å². The quantitative estimate of drug-likeness (QED) is 0.603. The van der Waals surface area contributed by atoms with Crippen molar-refractivity contribution in [2.24, 2.45) is 10.2 Å². The lowest BCUT2D eigenvalue weighted by Crippen LogP contribution is -1.96. The fourth-order valence-corrected chi connectivity index (χ4v) is 1.49. The Bertz CT molecular complexity index is 279. The molecule has 2 unspecified atom stereocenters. The Morgan fingerprint density at radius 2 is 1.92 bits per heavy atom. The summed E-state index contributed by atoms with van der Waals surface area (Å²) in [5, 5.41) is 8.33. The Kier molecular flexibility index (Phi) is 1.90. The molecule has 2 atom stereocenters. The molecule has 0 saturated heterocycles. The van der Waals surface area contributed by atoms with E-state index in [0.29, 0.717) is 12.1 Å². The largest absolute Gasteiger partial charge is 0.190 e. The predicted molar refractivity (Wildman–Crippen MR) is 48.1 cm³/mol. The first-order valence-electron chi connectivity index (χ1n) is 4.31. The van der Waals surface area contributed by atoms with Crippen molar-refractivity contribution < 1.29 is 0 Å². The maximum absolute atomic E-state index is 4.21. The molecular weight excluding hydrogens is 148 g/mol. The summed E-state index contributed by atoms with van der Waals surface area (Å²) in [6, 6.07) is 11.1. The summed E-state index contributed by atoms with van der Waals surface area (Å²) in [6.45, 7) is 2.10. The van der Waals surface area contributed by atoms with E-state index in [1.54, 1.807) is 0 Å². The summed E-state index contributed by atoms with van der Waals surface area (Å²) in [4.78, 5) is 0. The standard InChI is InChI=1S/C10H12N2/c1-8-7-10(12-11-8)9-5-3-2-4-6-9/h2-6,8,10H,7H2,1H3. The molecule has 2 nitrogen and oxygen atoms in total. The van der Waals surface area contributed by atoms with E-state index < -0.39 is 0 Å². The number of rotatable bonds is 1. The second-order valence-electron chi connectivity index (χ2n) is 3.24. The molecule has 1 aromatic rings. The first-order valence-corrected chi connectivity index (χ1v) is 4.31. The van der Waals surface area contributed by atoms with Crippen LogP contribution in [0.1, 0.15) is 24.9 Å². The van der Waals surface area contributed by atoms with E-state index in [2.05, 4.69) is 29.3 Å². The second kappa shape index (κ2) is 3.05. The van der Waals surface area contributed by atoms with Gasteiger partial charge in [0.2, 0.25) is 0 Å². The third-order valence-electron chi connectivity index (χ3n) is 2.15. The average Bonchev–Trinajstić information content (AvgIpc) is 2.54. The van der Waals surface area contributed by atoms with E-state index in [9.17, 15) is 0 Å². The Morgan fingerprint density at radius 1 is 1.17 bits per heavy atom. The van der Waals surface area contributed by atoms with Gasteiger partial charge in [0, 0.05) is 0 Å². The monoisotopic (exact) mass is 160 g/mol. The predicted octanol–water partition coefficient (Wildman–Crippen LogP) is 2.97. The van der Waals surface area contributed by atoms with Crippen molar-refractivity contribution >= 4 is 0 Å². The lowest BCUT2D eigenvalue weighted by Gasteiger charge is -2.04. The molecule has 12 heavy (non-hydrogen) atoms. The minimum atomic E-state index is 0.307. The van der Waals surface area contributed by atoms with Gasteiger partial charge in [-0.05, 0) is 18.9 Å². The highest BCUT2D eigenvalue weighted by molar-refractivity contribution is 5.19. The fourth-order valence-electron chi connectivity index (χ4n) is 1.49. The normalized spacial score (nSPS) is 27.8. The third kappa shape index (κ3) is 1.37. The summed E-state index contributed by atoms with van der Waals surface area (Å²) in [5.41, 5.74) is 1.28. The zero-order chi connectivity index (χ0) is 8.39. The molecule has 0 amide bonds. The molecule has 0 saturated carbocycles. The van der Waals surface area contributed by atoms with E-state index in [0.717, 1.165) is 6.42 Å². The van der Waals surface area contributed by atoms with Crippen LogP contribution in [0.5, 0.6) is 0 Å². The summed E-state index contributed by atoms with van der Waals surface area (Å²) >= 11 is 0. The van der Waals surface area contributed by atoms with Crippen molar-refractivity contribution in [3.05, 3.63) is 35.9 Å². The zero-order valence-electron chi connectivity index (χ0n) is 7.14. The minimum absolute atomic E-state index is 0.307. The third-order valence-corrected chi connectivity index (χ3v) is 2.15. The van der Waals surface area contributed by atoms with E-state index >= 15 is 0 Å². The van der Waals surface area contributed by atoms with E-state index in [1.165, 1.54) is 5.56 Å². The van der Waals surface area contributed by atoms with Gasteiger partial charge in [-0.15, -0.1) is 0 Å². The number of hydrogen-bond acceptors (Lipinski definition) is 2. The maximum Gasteiger partial charge on any atom is 0.0978 e. The van der Waals surface area contributed by atoms with Crippen molar-refractivity contribution in [1.82, 2.24) is 0 Å². The summed E-state index contributed by atoms with van der Waals surface area (Å²) in [6.07, 6.45) is 1.06. The molecule has 62 valence electrons. The highest BCUT2D eigenvalue weighted by Crippen LogP contribution is 2.29. The molecule has 0 N–H and O–H groups in total. The van der Waals surface area contributed by atoms with Crippen LogP contribution in [0.25, 0.3) is 0 Å². The molecule has 1 aromatic carbocycles. The number of nitrogens with zero attached hydrogens (tertiary/aromatic N) is 2. The van der Waals surface area contributed by atoms with Crippen LogP contribution < -0.4 is 0 Å². The van der Waals surface area contributed by atoms with Crippen molar-refractivity contribution in [2.45, 2.75) is 25.4 Å². The lowest BCUT2D eigenvalue weighted by molar-refractivity contribution is 0.669. The fraction of sp³-hybridized carbons (Fsp3) is 0.400. The van der Waals surface area contributed by atoms with Gasteiger partial charge in [-0.1, -0.05) is 30.3 Å². The van der Waals surface area contributed by atoms with Crippen molar-refractivity contribution in [3.8, 4) is 0 Å². The number of benzene rings is 1. The molecule has 1 aliphatic rings. The van der Waals surface area contributed by atoms with Gasteiger partial charge >= 0.3 is 0 Å². The molecule has 1 aliphatic heterocycles. The van der Waals surface area contributed by atoms with Gasteiger partial charge in [0.05, 0.1) is 12.1 Å². The lowest BCUT2D eigenvalue weighted by atomic mass is 10.0. The molecule has 0 spiro atoms. The van der Waals surface area contributed by atoms with Gasteiger partial charge in [0.15, 0.2) is 0 Å². The molecule has 0 aromatic heterocycles. The van der Waals surface area contributed by atoms with Crippen LogP contribution >= 0.6 is 0 Å². The van der Waals surface area contributed by atoms with Crippen molar-refractivity contribution in [2.75, 3.05) is 0 Å². The second-order valence-corrected chi connectivity index (χ2v) is 3.24. The molecular formula is C10H12N2. The smallest absolute Gasteiger partial charge is 0.0978 e. The van der Waals surface area contributed by atoms with E-state index in [4.69, 9.17) is 0 Å². The average molecular weight is 160 g/mol. The van der Waals surface area contributed by atoms with Crippen LogP contribution in [-0.4, -0.2) is 6.04 Å². The van der Waals surface area contributed by atoms with Gasteiger partial charge in [-0.2, -0.15) is 10.2 Å². The molecule has 2 heteroatoms. The topological polar surface area (TPSA) is 24.7 Å². The summed E-state index contributed by atoms with van der Waals surface area (Å²) in [7, 11) is 0. The highest BCUT2D eigenvalue weighted by atomic mass is 15.2. The molecule has 0 aliphatic carbocycles. The van der Waals surface area contributed by atoms with E-state index in [1.807, 2.05) is 18.2 Å².